The van der Waals surface area contributed by atoms with E-state index in [-0.39, 0.29) is 0 Å². The number of hydrogen-bond donors (Lipinski definition) is 2. The molecule has 2 heteroatoms. The summed E-state index contributed by atoms with van der Waals surface area (Å²) in [6.07, 6.45) is 8.36. The van der Waals surface area contributed by atoms with Crippen molar-refractivity contribution in [2.24, 2.45) is 0 Å². The van der Waals surface area contributed by atoms with Crippen LogP contribution in [0.2, 0.25) is 0 Å². The predicted octanol–water partition coefficient (Wildman–Crippen LogP) is 2.30. The molecule has 14 heavy (non-hydrogen) atoms. The van der Waals surface area contributed by atoms with Gasteiger partial charge in [0.2, 0.25) is 0 Å². The fourth-order valence-electron chi connectivity index (χ4n) is 2.18. The molecule has 0 bridgehead atoms. The maximum atomic E-state index is 3.48. The van der Waals surface area contributed by atoms with Gasteiger partial charge in [0.1, 0.15) is 0 Å². The lowest BCUT2D eigenvalue weighted by Gasteiger charge is -2.25. The van der Waals surface area contributed by atoms with E-state index in [2.05, 4.69) is 24.5 Å². The van der Waals surface area contributed by atoms with E-state index in [1.165, 1.54) is 51.6 Å². The topological polar surface area (TPSA) is 24.1 Å². The van der Waals surface area contributed by atoms with Gasteiger partial charge in [-0.15, -0.1) is 0 Å². The Bertz CT molecular complexity index is 113. The van der Waals surface area contributed by atoms with Crippen molar-refractivity contribution in [3.63, 3.8) is 0 Å². The van der Waals surface area contributed by atoms with Crippen LogP contribution in [-0.2, 0) is 0 Å². The summed E-state index contributed by atoms with van der Waals surface area (Å²) < 4.78 is 0. The van der Waals surface area contributed by atoms with Crippen LogP contribution >= 0.6 is 0 Å². The molecule has 0 spiro atoms. The summed E-state index contributed by atoms with van der Waals surface area (Å²) in [5, 5.41) is 6.76. The van der Waals surface area contributed by atoms with Crippen LogP contribution < -0.4 is 10.6 Å². The van der Waals surface area contributed by atoms with Crippen LogP contribution in [-0.4, -0.2) is 25.2 Å². The molecule has 2 unspecified atom stereocenters. The number of nitrogens with one attached hydrogen (secondary N) is 2. The lowest BCUT2D eigenvalue weighted by atomic mass is 10.0. The molecule has 0 radical (unpaired) electrons. The zero-order valence-electron chi connectivity index (χ0n) is 9.81. The van der Waals surface area contributed by atoms with Gasteiger partial charge in [-0.05, 0) is 52.6 Å². The summed E-state index contributed by atoms with van der Waals surface area (Å²) in [5.74, 6) is 0. The second-order valence-corrected chi connectivity index (χ2v) is 4.71. The lowest BCUT2D eigenvalue weighted by molar-refractivity contribution is 0.352. The first kappa shape index (κ1) is 12.0. The van der Waals surface area contributed by atoms with Gasteiger partial charge in [-0.25, -0.2) is 0 Å². The van der Waals surface area contributed by atoms with Gasteiger partial charge in [0.25, 0.3) is 0 Å². The Morgan fingerprint density at radius 2 is 1.36 bits per heavy atom. The van der Waals surface area contributed by atoms with Crippen molar-refractivity contribution in [3.8, 4) is 0 Å². The van der Waals surface area contributed by atoms with Gasteiger partial charge < -0.3 is 10.6 Å². The summed E-state index contributed by atoms with van der Waals surface area (Å²) in [4.78, 5) is 0. The average Bonchev–Trinajstić information content (AvgIpc) is 2.21. The molecule has 2 aliphatic heterocycles. The normalized spacial score (nSPS) is 33.0. The average molecular weight is 198 g/mol. The van der Waals surface area contributed by atoms with E-state index in [9.17, 15) is 0 Å². The summed E-state index contributed by atoms with van der Waals surface area (Å²) in [6.45, 7) is 7.02. The van der Waals surface area contributed by atoms with Crippen molar-refractivity contribution in [2.75, 3.05) is 13.1 Å². The van der Waals surface area contributed by atoms with Gasteiger partial charge in [0.05, 0.1) is 0 Å². The van der Waals surface area contributed by atoms with Crippen molar-refractivity contribution in [1.82, 2.24) is 10.6 Å². The zero-order chi connectivity index (χ0) is 10.2. The Hall–Kier alpha value is -0.0800. The van der Waals surface area contributed by atoms with Crippen LogP contribution in [0, 0.1) is 0 Å². The van der Waals surface area contributed by atoms with Gasteiger partial charge >= 0.3 is 0 Å². The molecule has 0 amide bonds. The molecule has 0 aromatic rings. The van der Waals surface area contributed by atoms with Crippen LogP contribution in [0.1, 0.15) is 52.4 Å². The number of piperidine rings is 2. The van der Waals surface area contributed by atoms with Crippen molar-refractivity contribution < 1.29 is 0 Å². The van der Waals surface area contributed by atoms with E-state index in [1.807, 2.05) is 0 Å². The SMILES string of the molecule is C1CCNCC1.CC1CCCC(C)N1. The second kappa shape index (κ2) is 7.24. The standard InChI is InChI=1S/C7H15N.C5H11N/c1-6-4-3-5-7(2)8-6;1-2-4-6-5-3-1/h6-8H,3-5H2,1-2H3;6H,1-5H2. The van der Waals surface area contributed by atoms with Crippen molar-refractivity contribution in [2.45, 2.75) is 64.5 Å². The first-order valence-electron chi connectivity index (χ1n) is 6.26. The molecule has 0 aliphatic carbocycles. The van der Waals surface area contributed by atoms with Crippen LogP contribution in [0.15, 0.2) is 0 Å². The Balaban J connectivity index is 0.000000146. The molecule has 0 aromatic carbocycles. The van der Waals surface area contributed by atoms with E-state index in [4.69, 9.17) is 0 Å². The molecular weight excluding hydrogens is 172 g/mol. The molecule has 0 saturated carbocycles. The lowest BCUT2D eigenvalue weighted by Crippen LogP contribution is -2.38. The smallest absolute Gasteiger partial charge is 0.00412 e. The number of rotatable bonds is 0. The Kier molecular flexibility index (Phi) is 6.20. The maximum Gasteiger partial charge on any atom is 0.00412 e. The summed E-state index contributed by atoms with van der Waals surface area (Å²) in [6, 6.07) is 1.53. The molecule has 2 atom stereocenters. The predicted molar refractivity (Wildman–Crippen MR) is 62.6 cm³/mol. The molecular formula is C12H26N2. The van der Waals surface area contributed by atoms with Crippen molar-refractivity contribution in [1.29, 1.82) is 0 Å². The van der Waals surface area contributed by atoms with E-state index in [0.29, 0.717) is 0 Å². The highest BCUT2D eigenvalue weighted by molar-refractivity contribution is 4.73. The monoisotopic (exact) mass is 198 g/mol. The van der Waals surface area contributed by atoms with Crippen LogP contribution in [0.3, 0.4) is 0 Å². The third-order valence-corrected chi connectivity index (χ3v) is 3.05. The largest absolute Gasteiger partial charge is 0.317 e. The van der Waals surface area contributed by atoms with Gasteiger partial charge in [0, 0.05) is 12.1 Å². The van der Waals surface area contributed by atoms with Crippen molar-refractivity contribution >= 4 is 0 Å². The maximum absolute atomic E-state index is 3.48. The molecule has 2 aliphatic rings. The minimum absolute atomic E-state index is 0.763. The fourth-order valence-corrected chi connectivity index (χ4v) is 2.18. The quantitative estimate of drug-likeness (QED) is 0.624. The second-order valence-electron chi connectivity index (χ2n) is 4.71. The van der Waals surface area contributed by atoms with Crippen LogP contribution in [0.25, 0.3) is 0 Å². The third kappa shape index (κ3) is 5.61. The first-order valence-corrected chi connectivity index (χ1v) is 6.26. The van der Waals surface area contributed by atoms with E-state index in [1.54, 1.807) is 0 Å². The zero-order valence-corrected chi connectivity index (χ0v) is 9.81. The summed E-state index contributed by atoms with van der Waals surface area (Å²) in [5.41, 5.74) is 0. The van der Waals surface area contributed by atoms with E-state index in [0.717, 1.165) is 12.1 Å². The van der Waals surface area contributed by atoms with E-state index >= 15 is 0 Å². The minimum Gasteiger partial charge on any atom is -0.317 e. The summed E-state index contributed by atoms with van der Waals surface area (Å²) >= 11 is 0. The molecule has 2 nitrogen and oxygen atoms in total. The van der Waals surface area contributed by atoms with Gasteiger partial charge in [0.15, 0.2) is 0 Å². The van der Waals surface area contributed by atoms with Crippen molar-refractivity contribution in [3.05, 3.63) is 0 Å². The minimum atomic E-state index is 0.763. The molecule has 0 aromatic heterocycles. The van der Waals surface area contributed by atoms with Gasteiger partial charge in [-0.1, -0.05) is 12.8 Å². The highest BCUT2D eigenvalue weighted by Gasteiger charge is 2.12. The summed E-state index contributed by atoms with van der Waals surface area (Å²) in [7, 11) is 0. The first-order chi connectivity index (χ1) is 6.79. The molecule has 2 rings (SSSR count). The Morgan fingerprint density at radius 1 is 0.786 bits per heavy atom. The molecule has 2 fully saturated rings. The van der Waals surface area contributed by atoms with Crippen LogP contribution in [0.4, 0.5) is 0 Å². The highest BCUT2D eigenvalue weighted by atomic mass is 14.9. The number of hydrogen-bond acceptors (Lipinski definition) is 2. The molecule has 2 N–H and O–H groups in total. The highest BCUT2D eigenvalue weighted by Crippen LogP contribution is 2.10. The third-order valence-electron chi connectivity index (χ3n) is 3.05. The Labute approximate surface area is 88.8 Å². The molecule has 84 valence electrons. The molecule has 2 saturated heterocycles. The fraction of sp³-hybridized carbons (Fsp3) is 1.00. The van der Waals surface area contributed by atoms with Crippen LogP contribution in [0.5, 0.6) is 0 Å². The van der Waals surface area contributed by atoms with Gasteiger partial charge in [-0.3, -0.25) is 0 Å². The van der Waals surface area contributed by atoms with E-state index < -0.39 is 0 Å². The van der Waals surface area contributed by atoms with Gasteiger partial charge in [-0.2, -0.15) is 0 Å². The molecule has 2 heterocycles. The Morgan fingerprint density at radius 3 is 1.57 bits per heavy atom.